The van der Waals surface area contributed by atoms with Crippen molar-refractivity contribution in [2.24, 2.45) is 5.41 Å². The quantitative estimate of drug-likeness (QED) is 0.246. The minimum atomic E-state index is -0.549. The fourth-order valence-electron chi connectivity index (χ4n) is 5.65. The van der Waals surface area contributed by atoms with Crippen LogP contribution in [0.15, 0.2) is 23.8 Å². The number of aromatic nitrogens is 2. The van der Waals surface area contributed by atoms with E-state index in [1.165, 1.54) is 0 Å². The molecule has 11 heteroatoms. The molecule has 1 aromatic carbocycles. The second kappa shape index (κ2) is 13.4. The molecule has 0 aliphatic carbocycles. The van der Waals surface area contributed by atoms with Gasteiger partial charge in [0.25, 0.3) is 0 Å². The van der Waals surface area contributed by atoms with E-state index in [1.807, 2.05) is 27.7 Å². The van der Waals surface area contributed by atoms with Crippen molar-refractivity contribution in [2.75, 3.05) is 58.0 Å². The van der Waals surface area contributed by atoms with Crippen LogP contribution in [0.4, 0.5) is 10.6 Å². The van der Waals surface area contributed by atoms with Gasteiger partial charge in [0.15, 0.2) is 5.82 Å². The molecule has 10 nitrogen and oxygen atoms in total. The predicted octanol–water partition coefficient (Wildman–Crippen LogP) is 5.38. The minimum absolute atomic E-state index is 0.000470. The van der Waals surface area contributed by atoms with Gasteiger partial charge in [-0.3, -0.25) is 0 Å². The van der Waals surface area contributed by atoms with Gasteiger partial charge >= 0.3 is 6.09 Å². The number of amides is 1. The zero-order valence-electron chi connectivity index (χ0n) is 25.4. The monoisotopic (exact) mass is 599 g/mol. The Morgan fingerprint density at radius 3 is 2.50 bits per heavy atom. The average Bonchev–Trinajstić information content (AvgIpc) is 2.88. The number of hydrogen-bond acceptors (Lipinski definition) is 9. The molecule has 3 heterocycles. The van der Waals surface area contributed by atoms with Crippen LogP contribution in [0.1, 0.15) is 51.8 Å². The molecule has 1 aromatic heterocycles. The normalized spacial score (nSPS) is 16.0. The molecule has 2 N–H and O–H groups in total. The topological polar surface area (TPSA) is 121 Å². The van der Waals surface area contributed by atoms with E-state index in [1.54, 1.807) is 37.1 Å². The van der Waals surface area contributed by atoms with Crippen LogP contribution in [-0.2, 0) is 9.47 Å². The molecule has 4 rings (SSSR count). The number of carbonyl (C=O) groups is 1. The fourth-order valence-corrected chi connectivity index (χ4v) is 5.85. The van der Waals surface area contributed by atoms with Gasteiger partial charge in [-0.1, -0.05) is 30.5 Å². The number of methoxy groups -OCH3 is 1. The number of nitrogens with zero attached hydrogens (tertiary/aromatic N) is 4. The summed E-state index contributed by atoms with van der Waals surface area (Å²) in [4.78, 5) is 26.2. The molecule has 1 amide bonds. The Morgan fingerprint density at radius 1 is 1.17 bits per heavy atom. The highest BCUT2D eigenvalue weighted by molar-refractivity contribution is 6.33. The van der Waals surface area contributed by atoms with Crippen LogP contribution in [-0.4, -0.2) is 91.0 Å². The summed E-state index contributed by atoms with van der Waals surface area (Å²) in [7, 11) is 1.57. The molecule has 2 saturated heterocycles. The number of ether oxygens (including phenoxy) is 3. The molecule has 42 heavy (non-hydrogen) atoms. The summed E-state index contributed by atoms with van der Waals surface area (Å²) >= 11 is 6.68. The lowest BCUT2D eigenvalue weighted by Crippen LogP contribution is -2.73. The maximum atomic E-state index is 12.3. The number of hydrogen-bond donors (Lipinski definition) is 2. The number of benzene rings is 1. The number of allylic oxidation sites excluding steroid dienone is 2. The van der Waals surface area contributed by atoms with Crippen molar-refractivity contribution in [3.63, 3.8) is 0 Å². The summed E-state index contributed by atoms with van der Waals surface area (Å²) in [6.45, 7) is 13.3. The molecule has 1 spiro atoms. The maximum absolute atomic E-state index is 12.3. The molecule has 2 aliphatic rings. The molecule has 2 fully saturated rings. The zero-order chi connectivity index (χ0) is 30.6. The van der Waals surface area contributed by atoms with Gasteiger partial charge in [-0.25, -0.2) is 14.8 Å². The Balaban J connectivity index is 1.62. The van der Waals surface area contributed by atoms with Crippen LogP contribution in [0, 0.1) is 17.7 Å². The lowest BCUT2D eigenvalue weighted by molar-refractivity contribution is -0.0250. The van der Waals surface area contributed by atoms with Gasteiger partial charge in [0, 0.05) is 61.1 Å². The van der Waals surface area contributed by atoms with E-state index in [2.05, 4.69) is 4.90 Å². The summed E-state index contributed by atoms with van der Waals surface area (Å²) in [5.41, 5.74) is 4.37. The average molecular weight is 600 g/mol. The van der Waals surface area contributed by atoms with Crippen molar-refractivity contribution in [3.05, 3.63) is 40.1 Å². The molecular weight excluding hydrogens is 558 g/mol. The predicted molar refractivity (Wildman–Crippen MR) is 165 cm³/mol. The Bertz CT molecular complexity index is 1350. The first-order valence-electron chi connectivity index (χ1n) is 14.4. The minimum Gasteiger partial charge on any atom is -0.491 e. The molecule has 2 aromatic rings. The molecular formula is C31H42ClN5O5. The van der Waals surface area contributed by atoms with E-state index in [0.717, 1.165) is 42.0 Å². The number of rotatable bonds is 12. The Labute approximate surface area is 253 Å². The van der Waals surface area contributed by atoms with E-state index < -0.39 is 6.10 Å². The highest BCUT2D eigenvalue weighted by atomic mass is 35.5. The fraction of sp³-hybridized carbons (Fsp3) is 0.548. The van der Waals surface area contributed by atoms with Crippen molar-refractivity contribution < 1.29 is 24.1 Å². The summed E-state index contributed by atoms with van der Waals surface area (Å²) in [5.74, 6) is 1.79. The van der Waals surface area contributed by atoms with Gasteiger partial charge in [0.05, 0.1) is 23.4 Å². The third-order valence-corrected chi connectivity index (χ3v) is 7.98. The largest absolute Gasteiger partial charge is 0.491 e. The van der Waals surface area contributed by atoms with Crippen molar-refractivity contribution >= 4 is 34.8 Å². The second-order valence-corrected chi connectivity index (χ2v) is 12.0. The maximum Gasteiger partial charge on any atom is 0.409 e. The van der Waals surface area contributed by atoms with Crippen LogP contribution < -0.4 is 9.64 Å². The Morgan fingerprint density at radius 2 is 1.88 bits per heavy atom. The molecule has 2 aliphatic heterocycles. The van der Waals surface area contributed by atoms with Crippen molar-refractivity contribution in [1.82, 2.24) is 14.9 Å². The smallest absolute Gasteiger partial charge is 0.409 e. The van der Waals surface area contributed by atoms with Crippen molar-refractivity contribution in [1.29, 1.82) is 5.41 Å². The van der Waals surface area contributed by atoms with Crippen molar-refractivity contribution in [2.45, 2.75) is 53.6 Å². The van der Waals surface area contributed by atoms with E-state index >= 15 is 0 Å². The van der Waals surface area contributed by atoms with Crippen LogP contribution in [0.2, 0.25) is 5.02 Å². The van der Waals surface area contributed by atoms with Crippen LogP contribution >= 0.6 is 11.6 Å². The summed E-state index contributed by atoms with van der Waals surface area (Å²) in [5, 5.41) is 19.1. The lowest BCUT2D eigenvalue weighted by atomic mass is 9.73. The Hall–Kier alpha value is -3.21. The van der Waals surface area contributed by atoms with E-state index in [4.69, 9.17) is 41.2 Å². The molecule has 0 unspecified atom stereocenters. The number of nitrogens with one attached hydrogen (secondary N) is 1. The highest BCUT2D eigenvalue weighted by Gasteiger charge is 2.54. The van der Waals surface area contributed by atoms with Crippen molar-refractivity contribution in [3.8, 4) is 17.1 Å². The van der Waals surface area contributed by atoms with E-state index in [0.29, 0.717) is 59.7 Å². The molecule has 0 saturated carbocycles. The third-order valence-electron chi connectivity index (χ3n) is 7.65. The molecule has 1 atom stereocenters. The number of carbonyl (C=O) groups excluding carboxylic acids is 1. The SMILES string of the molecule is CCC[C@@H](O)COc1ccc(Cl)c(-c2nc(C(C(C)=N)=C(C)C)c(C)c(N3CC4(CN(C(=O)OCCOC)C4)C3)n2)c1. The Kier molecular flexibility index (Phi) is 10.1. The first-order valence-corrected chi connectivity index (χ1v) is 14.7. The van der Waals surface area contributed by atoms with Crippen LogP contribution in [0.5, 0.6) is 5.75 Å². The van der Waals surface area contributed by atoms with Gasteiger partial charge in [0.1, 0.15) is 24.8 Å². The number of anilines is 1. The van der Waals surface area contributed by atoms with Gasteiger partial charge in [-0.05, 0) is 52.3 Å². The summed E-state index contributed by atoms with van der Waals surface area (Å²) in [6.07, 6.45) is 0.666. The zero-order valence-corrected chi connectivity index (χ0v) is 26.2. The lowest BCUT2D eigenvalue weighted by Gasteiger charge is -2.60. The van der Waals surface area contributed by atoms with Gasteiger partial charge in [-0.15, -0.1) is 0 Å². The first-order chi connectivity index (χ1) is 20.0. The molecule has 0 radical (unpaired) electrons. The molecule has 228 valence electrons. The van der Waals surface area contributed by atoms with Crippen LogP contribution in [0.3, 0.4) is 0 Å². The number of aliphatic hydroxyl groups excluding tert-OH is 1. The third kappa shape index (κ3) is 6.88. The highest BCUT2D eigenvalue weighted by Crippen LogP contribution is 2.44. The van der Waals surface area contributed by atoms with Gasteiger partial charge in [-0.2, -0.15) is 0 Å². The van der Waals surface area contributed by atoms with Gasteiger partial charge in [0.2, 0.25) is 0 Å². The van der Waals surface area contributed by atoms with Crippen LogP contribution in [0.25, 0.3) is 17.0 Å². The molecule has 0 bridgehead atoms. The summed E-state index contributed by atoms with van der Waals surface area (Å²) < 4.78 is 16.1. The van der Waals surface area contributed by atoms with Gasteiger partial charge < -0.3 is 34.5 Å². The summed E-state index contributed by atoms with van der Waals surface area (Å²) in [6, 6.07) is 5.32. The standard InChI is InChI=1S/C31H42ClN5O5/c1-7-8-22(38)14-42-23-9-10-25(32)24(13-23)28-34-27(26(19(2)3)21(5)33)20(4)29(35-28)36-15-31(16-36)17-37(18-31)30(39)41-12-11-40-6/h9-10,13,22,33,38H,7-8,11-12,14-18H2,1-6H3/t22-/m1/s1. The van der Waals surface area contributed by atoms with E-state index in [9.17, 15) is 9.90 Å². The second-order valence-electron chi connectivity index (χ2n) is 11.6. The number of likely N-dealkylation sites (tertiary alicyclic amines) is 1. The number of aliphatic hydroxyl groups is 1. The number of halogens is 1. The first kappa shape index (κ1) is 31.7. The van der Waals surface area contributed by atoms with E-state index in [-0.39, 0.29) is 24.7 Å².